The lowest BCUT2D eigenvalue weighted by Gasteiger charge is -2.25. The van der Waals surface area contributed by atoms with Crippen molar-refractivity contribution in [1.82, 2.24) is 16.0 Å². The third-order valence-corrected chi connectivity index (χ3v) is 2.81. The Morgan fingerprint density at radius 3 is 1.82 bits per heavy atom. The van der Waals surface area contributed by atoms with Crippen LogP contribution in [0.2, 0.25) is 0 Å². The van der Waals surface area contributed by atoms with Gasteiger partial charge >= 0.3 is 0 Å². The van der Waals surface area contributed by atoms with Gasteiger partial charge in [-0.2, -0.15) is 0 Å². The molecule has 2 rings (SSSR count). The van der Waals surface area contributed by atoms with Crippen molar-refractivity contribution in [2.45, 2.75) is 6.42 Å². The Morgan fingerprint density at radius 2 is 1.27 bits per heavy atom. The van der Waals surface area contributed by atoms with Crippen LogP contribution in [-0.2, 0) is 0 Å². The molecule has 0 bridgehead atoms. The Morgan fingerprint density at radius 1 is 0.727 bits per heavy atom. The van der Waals surface area contributed by atoms with Crippen molar-refractivity contribution in [3.63, 3.8) is 0 Å². The molecule has 2 aliphatic rings. The maximum Gasteiger partial charge on any atom is 0.00892 e. The molecule has 11 heavy (non-hydrogen) atoms. The quantitative estimate of drug-likeness (QED) is 0.427. The highest BCUT2D eigenvalue weighted by atomic mass is 15.0. The van der Waals surface area contributed by atoms with E-state index in [9.17, 15) is 0 Å². The molecule has 2 heterocycles. The molecule has 0 unspecified atom stereocenters. The van der Waals surface area contributed by atoms with Crippen LogP contribution in [0.25, 0.3) is 0 Å². The summed E-state index contributed by atoms with van der Waals surface area (Å²) in [5.41, 5.74) is 0.524. The molecule has 3 heteroatoms. The molecule has 0 atom stereocenters. The molecule has 0 radical (unpaired) electrons. The maximum absolute atomic E-state index is 3.48. The summed E-state index contributed by atoms with van der Waals surface area (Å²) in [6, 6.07) is 0. The molecule has 0 aromatic heterocycles. The molecule has 1 spiro atoms. The predicted octanol–water partition coefficient (Wildman–Crippen LogP) is -0.841. The number of hydrogen-bond acceptors (Lipinski definition) is 3. The Hall–Kier alpha value is -0.120. The highest BCUT2D eigenvalue weighted by Crippen LogP contribution is 2.23. The molecule has 0 amide bonds. The minimum absolute atomic E-state index is 0.524. The van der Waals surface area contributed by atoms with Crippen LogP contribution in [0.5, 0.6) is 0 Å². The van der Waals surface area contributed by atoms with E-state index < -0.39 is 0 Å². The van der Waals surface area contributed by atoms with E-state index in [-0.39, 0.29) is 0 Å². The van der Waals surface area contributed by atoms with E-state index in [0.29, 0.717) is 5.41 Å². The molecule has 0 aromatic rings. The highest BCUT2D eigenvalue weighted by molar-refractivity contribution is 4.92. The van der Waals surface area contributed by atoms with Crippen molar-refractivity contribution < 1.29 is 0 Å². The largest absolute Gasteiger partial charge is 0.316 e. The van der Waals surface area contributed by atoms with Crippen LogP contribution in [0.3, 0.4) is 0 Å². The second-order valence-electron chi connectivity index (χ2n) is 3.78. The SMILES string of the molecule is C1CNCC2(CCNC2)CN1. The van der Waals surface area contributed by atoms with Crippen molar-refractivity contribution in [3.05, 3.63) is 0 Å². The first-order valence-electron chi connectivity index (χ1n) is 4.54. The molecule has 3 nitrogen and oxygen atoms in total. The topological polar surface area (TPSA) is 36.1 Å². The average Bonchev–Trinajstić information content (AvgIpc) is 2.32. The van der Waals surface area contributed by atoms with Crippen LogP contribution in [0, 0.1) is 5.41 Å². The summed E-state index contributed by atoms with van der Waals surface area (Å²) in [5, 5.41) is 10.4. The van der Waals surface area contributed by atoms with Crippen LogP contribution < -0.4 is 16.0 Å². The number of nitrogens with one attached hydrogen (secondary N) is 3. The first-order valence-corrected chi connectivity index (χ1v) is 4.54. The van der Waals surface area contributed by atoms with Gasteiger partial charge in [0.1, 0.15) is 0 Å². The fourth-order valence-electron chi connectivity index (χ4n) is 2.04. The minimum atomic E-state index is 0.524. The van der Waals surface area contributed by atoms with E-state index in [1.807, 2.05) is 0 Å². The summed E-state index contributed by atoms with van der Waals surface area (Å²) in [4.78, 5) is 0. The predicted molar refractivity (Wildman–Crippen MR) is 45.7 cm³/mol. The van der Waals surface area contributed by atoms with Gasteiger partial charge in [-0.3, -0.25) is 0 Å². The van der Waals surface area contributed by atoms with E-state index in [1.165, 1.54) is 32.6 Å². The van der Waals surface area contributed by atoms with Crippen molar-refractivity contribution in [2.75, 3.05) is 39.3 Å². The van der Waals surface area contributed by atoms with Crippen LogP contribution in [0.4, 0.5) is 0 Å². The average molecular weight is 155 g/mol. The van der Waals surface area contributed by atoms with Gasteiger partial charge in [0.15, 0.2) is 0 Å². The fourth-order valence-corrected chi connectivity index (χ4v) is 2.04. The monoisotopic (exact) mass is 155 g/mol. The third-order valence-electron chi connectivity index (χ3n) is 2.81. The van der Waals surface area contributed by atoms with Gasteiger partial charge in [-0.15, -0.1) is 0 Å². The van der Waals surface area contributed by atoms with Gasteiger partial charge in [-0.1, -0.05) is 0 Å². The zero-order valence-electron chi connectivity index (χ0n) is 6.95. The Bertz CT molecular complexity index is 119. The summed E-state index contributed by atoms with van der Waals surface area (Å²) >= 11 is 0. The lowest BCUT2D eigenvalue weighted by Crippen LogP contribution is -2.39. The standard InChI is InChI=1S/C8H17N3/c1-2-9-5-8(1)6-10-3-4-11-7-8/h9-11H,1-7H2. The molecule has 2 saturated heterocycles. The maximum atomic E-state index is 3.48. The first-order chi connectivity index (χ1) is 5.41. The Kier molecular flexibility index (Phi) is 2.11. The van der Waals surface area contributed by atoms with Crippen LogP contribution in [0.1, 0.15) is 6.42 Å². The lowest BCUT2D eigenvalue weighted by atomic mass is 9.87. The molecular formula is C8H17N3. The van der Waals surface area contributed by atoms with Gasteiger partial charge in [0.2, 0.25) is 0 Å². The summed E-state index contributed by atoms with van der Waals surface area (Å²) in [7, 11) is 0. The van der Waals surface area contributed by atoms with E-state index in [2.05, 4.69) is 16.0 Å². The van der Waals surface area contributed by atoms with Crippen molar-refractivity contribution in [1.29, 1.82) is 0 Å². The summed E-state index contributed by atoms with van der Waals surface area (Å²) < 4.78 is 0. The number of rotatable bonds is 0. The van der Waals surface area contributed by atoms with Gasteiger partial charge in [0.25, 0.3) is 0 Å². The molecule has 3 N–H and O–H groups in total. The highest BCUT2D eigenvalue weighted by Gasteiger charge is 2.33. The normalized spacial score (nSPS) is 30.5. The summed E-state index contributed by atoms with van der Waals surface area (Å²) in [5.74, 6) is 0. The van der Waals surface area contributed by atoms with Crippen molar-refractivity contribution in [3.8, 4) is 0 Å². The molecular weight excluding hydrogens is 138 g/mol. The van der Waals surface area contributed by atoms with E-state index in [4.69, 9.17) is 0 Å². The second-order valence-corrected chi connectivity index (χ2v) is 3.78. The van der Waals surface area contributed by atoms with Gasteiger partial charge in [-0.05, 0) is 13.0 Å². The number of hydrogen-bond donors (Lipinski definition) is 3. The zero-order valence-corrected chi connectivity index (χ0v) is 6.95. The minimum Gasteiger partial charge on any atom is -0.316 e. The molecule has 2 fully saturated rings. The molecule has 0 aromatic carbocycles. The third kappa shape index (κ3) is 1.55. The van der Waals surface area contributed by atoms with Crippen LogP contribution in [0.15, 0.2) is 0 Å². The van der Waals surface area contributed by atoms with Gasteiger partial charge < -0.3 is 16.0 Å². The van der Waals surface area contributed by atoms with Crippen LogP contribution >= 0.6 is 0 Å². The molecule has 2 aliphatic heterocycles. The Balaban J connectivity index is 1.97. The summed E-state index contributed by atoms with van der Waals surface area (Å²) in [6.45, 7) is 7.01. The van der Waals surface area contributed by atoms with E-state index >= 15 is 0 Å². The van der Waals surface area contributed by atoms with Gasteiger partial charge in [-0.25, -0.2) is 0 Å². The van der Waals surface area contributed by atoms with E-state index in [0.717, 1.165) is 13.1 Å². The second kappa shape index (κ2) is 3.09. The lowest BCUT2D eigenvalue weighted by molar-refractivity contribution is 0.316. The van der Waals surface area contributed by atoms with Gasteiger partial charge in [0.05, 0.1) is 0 Å². The van der Waals surface area contributed by atoms with Crippen molar-refractivity contribution in [2.24, 2.45) is 5.41 Å². The van der Waals surface area contributed by atoms with Gasteiger partial charge in [0, 0.05) is 38.1 Å². The van der Waals surface area contributed by atoms with Crippen LogP contribution in [-0.4, -0.2) is 39.3 Å². The van der Waals surface area contributed by atoms with E-state index in [1.54, 1.807) is 0 Å². The molecule has 0 aliphatic carbocycles. The fraction of sp³-hybridized carbons (Fsp3) is 1.00. The smallest absolute Gasteiger partial charge is 0.00892 e. The zero-order chi connectivity index (χ0) is 7.57. The molecule has 0 saturated carbocycles. The first kappa shape index (κ1) is 7.53. The molecule has 64 valence electrons. The van der Waals surface area contributed by atoms with Crippen molar-refractivity contribution >= 4 is 0 Å². The Labute approximate surface area is 67.9 Å². The summed E-state index contributed by atoms with van der Waals surface area (Å²) in [6.07, 6.45) is 1.33.